The third-order valence-corrected chi connectivity index (χ3v) is 2.92. The van der Waals surface area contributed by atoms with Crippen LogP contribution in [0.1, 0.15) is 17.2 Å². The van der Waals surface area contributed by atoms with E-state index in [0.717, 1.165) is 11.1 Å². The average molecular weight is 284 g/mol. The summed E-state index contributed by atoms with van der Waals surface area (Å²) in [5, 5.41) is 0.644. The fourth-order valence-corrected chi connectivity index (χ4v) is 1.94. The number of ether oxygens (including phenoxy) is 1. The molecule has 1 atom stereocenters. The fourth-order valence-electron chi connectivity index (χ4n) is 1.78. The molecule has 0 saturated carbocycles. The first kappa shape index (κ1) is 14.8. The standard InChI is InChI=1S/C14H14ClNO.ClH/c1-17-13-9-11(15)7-8-12(13)14(16)10-5-3-2-4-6-10;/h2-9,14H,16H2,1H3;1H. The summed E-state index contributed by atoms with van der Waals surface area (Å²) in [5.74, 6) is 0.717. The van der Waals surface area contributed by atoms with Gasteiger partial charge in [0.15, 0.2) is 0 Å². The largest absolute Gasteiger partial charge is 0.496 e. The highest BCUT2D eigenvalue weighted by molar-refractivity contribution is 6.30. The van der Waals surface area contributed by atoms with Crippen molar-refractivity contribution < 1.29 is 4.74 Å². The summed E-state index contributed by atoms with van der Waals surface area (Å²) < 4.78 is 5.30. The van der Waals surface area contributed by atoms with Crippen molar-refractivity contribution >= 4 is 24.0 Å². The molecule has 18 heavy (non-hydrogen) atoms. The zero-order chi connectivity index (χ0) is 12.3. The minimum atomic E-state index is -0.205. The molecule has 0 heterocycles. The van der Waals surface area contributed by atoms with Gasteiger partial charge in [0.1, 0.15) is 5.75 Å². The summed E-state index contributed by atoms with van der Waals surface area (Å²) in [6, 6.07) is 15.2. The van der Waals surface area contributed by atoms with Gasteiger partial charge in [0.25, 0.3) is 0 Å². The lowest BCUT2D eigenvalue weighted by atomic mass is 9.99. The van der Waals surface area contributed by atoms with Crippen LogP contribution >= 0.6 is 24.0 Å². The van der Waals surface area contributed by atoms with E-state index in [9.17, 15) is 0 Å². The molecule has 0 fully saturated rings. The molecule has 0 saturated heterocycles. The number of halogens is 2. The van der Waals surface area contributed by atoms with E-state index in [4.69, 9.17) is 22.1 Å². The van der Waals surface area contributed by atoms with Gasteiger partial charge in [-0.05, 0) is 17.7 Å². The van der Waals surface area contributed by atoms with E-state index in [1.54, 1.807) is 13.2 Å². The van der Waals surface area contributed by atoms with E-state index in [2.05, 4.69) is 0 Å². The summed E-state index contributed by atoms with van der Waals surface area (Å²) in [6.07, 6.45) is 0. The van der Waals surface area contributed by atoms with Crippen molar-refractivity contribution in [2.45, 2.75) is 6.04 Å². The Hall–Kier alpha value is -1.22. The van der Waals surface area contributed by atoms with Crippen LogP contribution in [0.3, 0.4) is 0 Å². The zero-order valence-corrected chi connectivity index (χ0v) is 11.5. The Bertz CT molecular complexity index is 502. The number of hydrogen-bond donors (Lipinski definition) is 1. The van der Waals surface area contributed by atoms with Crippen molar-refractivity contribution in [3.63, 3.8) is 0 Å². The van der Waals surface area contributed by atoms with Crippen molar-refractivity contribution in [1.29, 1.82) is 0 Å². The van der Waals surface area contributed by atoms with Gasteiger partial charge in [0.2, 0.25) is 0 Å². The third kappa shape index (κ3) is 3.16. The van der Waals surface area contributed by atoms with E-state index in [-0.39, 0.29) is 18.4 Å². The number of nitrogens with two attached hydrogens (primary N) is 1. The van der Waals surface area contributed by atoms with Gasteiger partial charge in [-0.25, -0.2) is 0 Å². The third-order valence-electron chi connectivity index (χ3n) is 2.69. The maximum Gasteiger partial charge on any atom is 0.125 e. The molecule has 2 aromatic rings. The van der Waals surface area contributed by atoms with Crippen molar-refractivity contribution in [2.24, 2.45) is 5.73 Å². The van der Waals surface area contributed by atoms with Crippen LogP contribution in [0.2, 0.25) is 5.02 Å². The highest BCUT2D eigenvalue weighted by Gasteiger charge is 2.13. The maximum atomic E-state index is 6.22. The molecule has 0 aliphatic rings. The van der Waals surface area contributed by atoms with E-state index < -0.39 is 0 Å². The Balaban J connectivity index is 0.00000162. The van der Waals surface area contributed by atoms with Crippen molar-refractivity contribution in [2.75, 3.05) is 7.11 Å². The number of hydrogen-bond acceptors (Lipinski definition) is 2. The summed E-state index contributed by atoms with van der Waals surface area (Å²) >= 11 is 5.93. The van der Waals surface area contributed by atoms with Crippen molar-refractivity contribution in [3.05, 3.63) is 64.7 Å². The van der Waals surface area contributed by atoms with E-state index in [1.165, 1.54) is 0 Å². The second kappa shape index (κ2) is 6.64. The molecular weight excluding hydrogens is 269 g/mol. The minimum Gasteiger partial charge on any atom is -0.496 e. The number of rotatable bonds is 3. The Morgan fingerprint density at radius 3 is 2.39 bits per heavy atom. The summed E-state index contributed by atoms with van der Waals surface area (Å²) in [7, 11) is 1.62. The molecule has 2 nitrogen and oxygen atoms in total. The average Bonchev–Trinajstić information content (AvgIpc) is 2.39. The lowest BCUT2D eigenvalue weighted by molar-refractivity contribution is 0.408. The van der Waals surface area contributed by atoms with Crippen LogP contribution < -0.4 is 10.5 Å². The predicted octanol–water partition coefficient (Wildman–Crippen LogP) is 3.82. The first-order valence-corrected chi connectivity index (χ1v) is 5.74. The summed E-state index contributed by atoms with van der Waals surface area (Å²) in [5.41, 5.74) is 8.20. The van der Waals surface area contributed by atoms with E-state index >= 15 is 0 Å². The first-order valence-electron chi connectivity index (χ1n) is 5.36. The molecule has 0 aromatic heterocycles. The quantitative estimate of drug-likeness (QED) is 0.930. The highest BCUT2D eigenvalue weighted by atomic mass is 35.5. The maximum absolute atomic E-state index is 6.22. The van der Waals surface area contributed by atoms with Crippen LogP contribution in [-0.2, 0) is 0 Å². The first-order chi connectivity index (χ1) is 8.22. The highest BCUT2D eigenvalue weighted by Crippen LogP contribution is 2.30. The Morgan fingerprint density at radius 1 is 1.11 bits per heavy atom. The Morgan fingerprint density at radius 2 is 1.78 bits per heavy atom. The van der Waals surface area contributed by atoms with Gasteiger partial charge >= 0.3 is 0 Å². The topological polar surface area (TPSA) is 35.2 Å². The normalized spacial score (nSPS) is 11.5. The minimum absolute atomic E-state index is 0. The lowest BCUT2D eigenvalue weighted by Gasteiger charge is -2.16. The molecule has 0 amide bonds. The molecule has 0 aliphatic carbocycles. The molecule has 2 aromatic carbocycles. The lowest BCUT2D eigenvalue weighted by Crippen LogP contribution is -2.12. The number of methoxy groups -OCH3 is 1. The van der Waals surface area contributed by atoms with Crippen LogP contribution in [0.4, 0.5) is 0 Å². The van der Waals surface area contributed by atoms with Crippen LogP contribution in [-0.4, -0.2) is 7.11 Å². The van der Waals surface area contributed by atoms with Gasteiger partial charge < -0.3 is 10.5 Å². The Labute approximate surface area is 118 Å². The smallest absolute Gasteiger partial charge is 0.125 e. The molecule has 0 bridgehead atoms. The second-order valence-corrected chi connectivity index (χ2v) is 4.21. The van der Waals surface area contributed by atoms with Gasteiger partial charge in [-0.3, -0.25) is 0 Å². The SMILES string of the molecule is COc1cc(Cl)ccc1C(N)c1ccccc1.Cl. The molecule has 4 heteroatoms. The van der Waals surface area contributed by atoms with Crippen LogP contribution in [0.15, 0.2) is 48.5 Å². The molecule has 0 spiro atoms. The zero-order valence-electron chi connectivity index (χ0n) is 9.97. The van der Waals surface area contributed by atoms with Gasteiger partial charge in [0, 0.05) is 10.6 Å². The molecule has 2 rings (SSSR count). The monoisotopic (exact) mass is 283 g/mol. The number of benzene rings is 2. The van der Waals surface area contributed by atoms with Gasteiger partial charge in [-0.1, -0.05) is 48.0 Å². The van der Waals surface area contributed by atoms with Gasteiger partial charge in [-0.2, -0.15) is 0 Å². The second-order valence-electron chi connectivity index (χ2n) is 3.77. The van der Waals surface area contributed by atoms with E-state index in [0.29, 0.717) is 10.8 Å². The van der Waals surface area contributed by atoms with Crippen LogP contribution in [0.5, 0.6) is 5.75 Å². The van der Waals surface area contributed by atoms with E-state index in [1.807, 2.05) is 42.5 Å². The molecule has 2 N–H and O–H groups in total. The van der Waals surface area contributed by atoms with Crippen LogP contribution in [0.25, 0.3) is 0 Å². The molecule has 96 valence electrons. The van der Waals surface area contributed by atoms with Crippen LogP contribution in [0, 0.1) is 0 Å². The fraction of sp³-hybridized carbons (Fsp3) is 0.143. The summed E-state index contributed by atoms with van der Waals surface area (Å²) in [6.45, 7) is 0. The van der Waals surface area contributed by atoms with Crippen molar-refractivity contribution in [1.82, 2.24) is 0 Å². The molecule has 0 aliphatic heterocycles. The van der Waals surface area contributed by atoms with Crippen molar-refractivity contribution in [3.8, 4) is 5.75 Å². The van der Waals surface area contributed by atoms with Gasteiger partial charge in [-0.15, -0.1) is 12.4 Å². The van der Waals surface area contributed by atoms with Gasteiger partial charge in [0.05, 0.1) is 13.2 Å². The molecular formula is C14H15Cl2NO. The summed E-state index contributed by atoms with van der Waals surface area (Å²) in [4.78, 5) is 0. The predicted molar refractivity (Wildman–Crippen MR) is 77.7 cm³/mol. The Kier molecular flexibility index (Phi) is 5.48. The molecule has 0 radical (unpaired) electrons. The molecule has 1 unspecified atom stereocenters.